The number of primary amides is 2. The summed E-state index contributed by atoms with van der Waals surface area (Å²) in [6.07, 6.45) is 0.694. The summed E-state index contributed by atoms with van der Waals surface area (Å²) in [6.45, 7) is 3.09. The van der Waals surface area contributed by atoms with Gasteiger partial charge in [0.15, 0.2) is 0 Å². The SMILES string of the molecule is CC1(C(N)=O)CCN(c2ccc(C(N)=O)cc2N)C1. The Morgan fingerprint density at radius 1 is 1.32 bits per heavy atom. The molecule has 1 aliphatic rings. The van der Waals surface area contributed by atoms with Crippen molar-refractivity contribution in [1.82, 2.24) is 0 Å². The van der Waals surface area contributed by atoms with E-state index in [9.17, 15) is 9.59 Å². The standard InChI is InChI=1S/C13H18N4O2/c1-13(12(16)19)4-5-17(7-13)10-3-2-8(11(15)18)6-9(10)14/h2-3,6H,4-5,7,14H2,1H3,(H2,15,18)(H2,16,19). The first-order valence-corrected chi connectivity index (χ1v) is 6.08. The van der Waals surface area contributed by atoms with E-state index in [0.29, 0.717) is 30.8 Å². The second kappa shape index (κ2) is 4.46. The number of carbonyl (C=O) groups excluding carboxylic acids is 2. The zero-order chi connectivity index (χ0) is 14.2. The first-order valence-electron chi connectivity index (χ1n) is 6.08. The molecule has 6 nitrogen and oxygen atoms in total. The average Bonchev–Trinajstić information content (AvgIpc) is 2.73. The summed E-state index contributed by atoms with van der Waals surface area (Å²) in [5.41, 5.74) is 17.7. The number of anilines is 2. The molecule has 0 aromatic heterocycles. The fraction of sp³-hybridized carbons (Fsp3) is 0.385. The highest BCUT2D eigenvalue weighted by atomic mass is 16.1. The number of rotatable bonds is 3. The van der Waals surface area contributed by atoms with Crippen LogP contribution >= 0.6 is 0 Å². The summed E-state index contributed by atoms with van der Waals surface area (Å²) < 4.78 is 0. The average molecular weight is 262 g/mol. The lowest BCUT2D eigenvalue weighted by Crippen LogP contribution is -2.37. The van der Waals surface area contributed by atoms with Crippen molar-refractivity contribution in [2.75, 3.05) is 23.7 Å². The van der Waals surface area contributed by atoms with Crippen LogP contribution in [0.25, 0.3) is 0 Å². The number of carbonyl (C=O) groups is 2. The molecular formula is C13H18N4O2. The summed E-state index contributed by atoms with van der Waals surface area (Å²) >= 11 is 0. The molecule has 1 aliphatic heterocycles. The van der Waals surface area contributed by atoms with Crippen molar-refractivity contribution in [3.8, 4) is 0 Å². The Morgan fingerprint density at radius 2 is 2.00 bits per heavy atom. The molecule has 6 heteroatoms. The maximum atomic E-state index is 11.4. The van der Waals surface area contributed by atoms with E-state index in [1.165, 1.54) is 0 Å². The fourth-order valence-electron chi connectivity index (χ4n) is 2.36. The van der Waals surface area contributed by atoms with Crippen molar-refractivity contribution in [2.24, 2.45) is 16.9 Å². The third-order valence-electron chi connectivity index (χ3n) is 3.72. The highest BCUT2D eigenvalue weighted by molar-refractivity contribution is 5.95. The molecule has 0 bridgehead atoms. The minimum atomic E-state index is -0.533. The molecule has 1 unspecified atom stereocenters. The van der Waals surface area contributed by atoms with Crippen LogP contribution in [0.3, 0.4) is 0 Å². The van der Waals surface area contributed by atoms with Crippen LogP contribution in [0.1, 0.15) is 23.7 Å². The number of hydrogen-bond acceptors (Lipinski definition) is 4. The number of amides is 2. The van der Waals surface area contributed by atoms with Gasteiger partial charge in [0.2, 0.25) is 11.8 Å². The van der Waals surface area contributed by atoms with Gasteiger partial charge in [0.1, 0.15) is 0 Å². The van der Waals surface area contributed by atoms with Crippen LogP contribution in [0.5, 0.6) is 0 Å². The molecule has 19 heavy (non-hydrogen) atoms. The van der Waals surface area contributed by atoms with E-state index in [0.717, 1.165) is 5.69 Å². The Morgan fingerprint density at radius 3 is 2.47 bits per heavy atom. The summed E-state index contributed by atoms with van der Waals surface area (Å²) in [5, 5.41) is 0. The maximum Gasteiger partial charge on any atom is 0.248 e. The molecule has 102 valence electrons. The molecule has 1 saturated heterocycles. The van der Waals surface area contributed by atoms with Gasteiger partial charge in [-0.1, -0.05) is 0 Å². The van der Waals surface area contributed by atoms with Crippen molar-refractivity contribution in [3.63, 3.8) is 0 Å². The minimum Gasteiger partial charge on any atom is -0.397 e. The van der Waals surface area contributed by atoms with E-state index in [-0.39, 0.29) is 5.91 Å². The smallest absolute Gasteiger partial charge is 0.248 e. The van der Waals surface area contributed by atoms with E-state index in [2.05, 4.69) is 0 Å². The van der Waals surface area contributed by atoms with Crippen molar-refractivity contribution < 1.29 is 9.59 Å². The molecule has 1 aromatic rings. The number of nitrogen functional groups attached to an aromatic ring is 1. The molecule has 2 rings (SSSR count). The molecule has 6 N–H and O–H groups in total. The lowest BCUT2D eigenvalue weighted by molar-refractivity contribution is -0.125. The zero-order valence-electron chi connectivity index (χ0n) is 10.8. The summed E-state index contributed by atoms with van der Waals surface area (Å²) in [4.78, 5) is 24.5. The molecule has 1 aromatic carbocycles. The van der Waals surface area contributed by atoms with Crippen molar-refractivity contribution in [1.29, 1.82) is 0 Å². The summed E-state index contributed by atoms with van der Waals surface area (Å²) in [7, 11) is 0. The van der Waals surface area contributed by atoms with Crippen molar-refractivity contribution >= 4 is 23.2 Å². The Balaban J connectivity index is 2.25. The number of hydrogen-bond donors (Lipinski definition) is 3. The summed E-state index contributed by atoms with van der Waals surface area (Å²) in [5.74, 6) is -0.816. The van der Waals surface area contributed by atoms with Crippen LogP contribution in [-0.4, -0.2) is 24.9 Å². The molecule has 0 radical (unpaired) electrons. The third-order valence-corrected chi connectivity index (χ3v) is 3.72. The first kappa shape index (κ1) is 13.2. The predicted octanol–water partition coefficient (Wildman–Crippen LogP) is 0.0694. The monoisotopic (exact) mass is 262 g/mol. The van der Waals surface area contributed by atoms with Crippen molar-refractivity contribution in [3.05, 3.63) is 23.8 Å². The van der Waals surface area contributed by atoms with E-state index in [1.54, 1.807) is 18.2 Å². The van der Waals surface area contributed by atoms with Crippen LogP contribution in [0.15, 0.2) is 18.2 Å². The third kappa shape index (κ3) is 2.33. The first-order chi connectivity index (χ1) is 8.83. The van der Waals surface area contributed by atoms with Gasteiger partial charge in [-0.25, -0.2) is 0 Å². The van der Waals surface area contributed by atoms with Crippen LogP contribution < -0.4 is 22.1 Å². The molecule has 0 spiro atoms. The number of nitrogens with two attached hydrogens (primary N) is 3. The van der Waals surface area contributed by atoms with Gasteiger partial charge in [0.25, 0.3) is 0 Å². The Hall–Kier alpha value is -2.24. The quantitative estimate of drug-likeness (QED) is 0.668. The lowest BCUT2D eigenvalue weighted by atomic mass is 9.89. The fourth-order valence-corrected chi connectivity index (χ4v) is 2.36. The zero-order valence-corrected chi connectivity index (χ0v) is 10.8. The topological polar surface area (TPSA) is 115 Å². The highest BCUT2D eigenvalue weighted by Crippen LogP contribution is 2.35. The molecule has 1 fully saturated rings. The van der Waals surface area contributed by atoms with Crippen molar-refractivity contribution in [2.45, 2.75) is 13.3 Å². The summed E-state index contributed by atoms with van der Waals surface area (Å²) in [6, 6.07) is 4.94. The van der Waals surface area contributed by atoms with Gasteiger partial charge in [-0.3, -0.25) is 9.59 Å². The number of nitrogens with zero attached hydrogens (tertiary/aromatic N) is 1. The van der Waals surface area contributed by atoms with Gasteiger partial charge in [0.05, 0.1) is 16.8 Å². The Bertz CT molecular complexity index is 543. The van der Waals surface area contributed by atoms with Gasteiger partial charge in [-0.15, -0.1) is 0 Å². The molecule has 0 aliphatic carbocycles. The largest absolute Gasteiger partial charge is 0.397 e. The second-order valence-corrected chi connectivity index (χ2v) is 5.23. The van der Waals surface area contributed by atoms with Gasteiger partial charge < -0.3 is 22.1 Å². The van der Waals surface area contributed by atoms with Gasteiger partial charge in [-0.05, 0) is 31.5 Å². The van der Waals surface area contributed by atoms with E-state index >= 15 is 0 Å². The highest BCUT2D eigenvalue weighted by Gasteiger charge is 2.39. The van der Waals surface area contributed by atoms with E-state index in [4.69, 9.17) is 17.2 Å². The minimum absolute atomic E-state index is 0.303. The number of benzene rings is 1. The molecular weight excluding hydrogens is 244 g/mol. The lowest BCUT2D eigenvalue weighted by Gasteiger charge is -2.23. The van der Waals surface area contributed by atoms with Crippen LogP contribution in [0.2, 0.25) is 0 Å². The second-order valence-electron chi connectivity index (χ2n) is 5.23. The van der Waals surface area contributed by atoms with Crippen LogP contribution in [-0.2, 0) is 4.79 Å². The van der Waals surface area contributed by atoms with Crippen LogP contribution in [0.4, 0.5) is 11.4 Å². The maximum absolute atomic E-state index is 11.4. The molecule has 0 saturated carbocycles. The molecule has 1 heterocycles. The van der Waals surface area contributed by atoms with Gasteiger partial charge in [-0.2, -0.15) is 0 Å². The predicted molar refractivity (Wildman–Crippen MR) is 73.5 cm³/mol. The van der Waals surface area contributed by atoms with E-state index in [1.807, 2.05) is 11.8 Å². The van der Waals surface area contributed by atoms with Gasteiger partial charge >= 0.3 is 0 Å². The molecule has 2 amide bonds. The normalized spacial score (nSPS) is 22.5. The Kier molecular flexibility index (Phi) is 3.09. The van der Waals surface area contributed by atoms with E-state index < -0.39 is 11.3 Å². The molecule has 1 atom stereocenters. The van der Waals surface area contributed by atoms with Gasteiger partial charge in [0, 0.05) is 18.7 Å². The van der Waals surface area contributed by atoms with Crippen LogP contribution in [0, 0.1) is 5.41 Å². The Labute approximate surface area is 111 Å².